The van der Waals surface area contributed by atoms with Crippen molar-refractivity contribution < 1.29 is 31.1 Å². The Balaban J connectivity index is 2.23. The van der Waals surface area contributed by atoms with Gasteiger partial charge in [0.15, 0.2) is 0 Å². The van der Waals surface area contributed by atoms with Gasteiger partial charge in [-0.25, -0.2) is 0 Å². The van der Waals surface area contributed by atoms with Crippen LogP contribution >= 0.6 is 0 Å². The van der Waals surface area contributed by atoms with Crippen LogP contribution in [-0.2, 0) is 4.74 Å². The maximum Gasteiger partial charge on any atom is 0.427 e. The minimum Gasteiger partial charge on any atom is -0.352 e. The quantitative estimate of drug-likeness (QED) is 0.402. The van der Waals surface area contributed by atoms with Crippen molar-refractivity contribution in [1.82, 2.24) is 0 Å². The fourth-order valence-electron chi connectivity index (χ4n) is 6.43. The van der Waals surface area contributed by atoms with Crippen molar-refractivity contribution in [3.8, 4) is 0 Å². The van der Waals surface area contributed by atoms with Crippen LogP contribution in [0.1, 0.15) is 59.3 Å². The van der Waals surface area contributed by atoms with Gasteiger partial charge in [0.2, 0.25) is 0 Å². The summed E-state index contributed by atoms with van der Waals surface area (Å²) < 4.78 is 90.7. The van der Waals surface area contributed by atoms with Crippen LogP contribution in [0.2, 0.25) is 0 Å². The second-order valence-corrected chi connectivity index (χ2v) is 9.70. The fraction of sp³-hybridized carbons (Fsp3) is 0.895. The van der Waals surface area contributed by atoms with Gasteiger partial charge in [0.25, 0.3) is 5.60 Å². The van der Waals surface area contributed by atoms with E-state index >= 15 is 0 Å². The monoisotopic (exact) mass is 384 g/mol. The second kappa shape index (κ2) is 5.42. The van der Waals surface area contributed by atoms with Gasteiger partial charge in [0.1, 0.15) is 0 Å². The Kier molecular flexibility index (Phi) is 4.17. The third kappa shape index (κ3) is 2.71. The lowest BCUT2D eigenvalue weighted by atomic mass is 9.40. The Bertz CT molecular complexity index is 554. The minimum atomic E-state index is -5.55. The smallest absolute Gasteiger partial charge is 0.352 e. The first-order valence-corrected chi connectivity index (χ1v) is 9.06. The van der Waals surface area contributed by atoms with Gasteiger partial charge in [-0.3, -0.25) is 0 Å². The van der Waals surface area contributed by atoms with Gasteiger partial charge < -0.3 is 4.74 Å². The summed E-state index contributed by atoms with van der Waals surface area (Å²) in [6.07, 6.45) is -7.86. The largest absolute Gasteiger partial charge is 0.427 e. The number of halogens is 6. The zero-order chi connectivity index (χ0) is 19.8. The average molecular weight is 384 g/mol. The van der Waals surface area contributed by atoms with Crippen molar-refractivity contribution in [2.24, 2.45) is 22.7 Å². The molecule has 7 heteroatoms. The molecule has 4 aliphatic carbocycles. The van der Waals surface area contributed by atoms with Crippen LogP contribution in [0.25, 0.3) is 0 Å². The van der Waals surface area contributed by atoms with Gasteiger partial charge in [-0.05, 0) is 76.5 Å². The molecule has 4 aliphatic rings. The lowest BCUT2D eigenvalue weighted by molar-refractivity contribution is -0.446. The van der Waals surface area contributed by atoms with Crippen LogP contribution < -0.4 is 0 Å². The molecular formula is C19H26F6O. The standard InChI is InChI=1S/C19H26F6O/c1-5-15-7-12-6-13(8-15)10-16(9-12,11-15)17(18(20,21)22,19(23,24)25)26-14(2,3)4/h5,12-13H,1,6-11H2,2-4H3. The number of hydrogen-bond acceptors (Lipinski definition) is 1. The summed E-state index contributed by atoms with van der Waals surface area (Å²) in [5, 5.41) is 0. The molecule has 4 fully saturated rings. The van der Waals surface area contributed by atoms with Crippen molar-refractivity contribution in [2.75, 3.05) is 0 Å². The lowest BCUT2D eigenvalue weighted by Crippen LogP contribution is -2.74. The lowest BCUT2D eigenvalue weighted by Gasteiger charge is -2.66. The summed E-state index contributed by atoms with van der Waals surface area (Å²) in [4.78, 5) is 0. The molecule has 0 aromatic rings. The van der Waals surface area contributed by atoms with Crippen molar-refractivity contribution >= 4 is 0 Å². The summed E-state index contributed by atoms with van der Waals surface area (Å²) in [5.74, 6) is -0.274. The number of hydrogen-bond donors (Lipinski definition) is 0. The molecule has 1 nitrogen and oxygen atoms in total. The van der Waals surface area contributed by atoms with Crippen molar-refractivity contribution in [2.45, 2.75) is 82.9 Å². The summed E-state index contributed by atoms with van der Waals surface area (Å²) in [6.45, 7) is 7.52. The van der Waals surface area contributed by atoms with E-state index in [0.717, 1.165) is 0 Å². The Morgan fingerprint density at radius 1 is 0.885 bits per heavy atom. The normalized spacial score (nSPS) is 37.9. The van der Waals surface area contributed by atoms with E-state index in [2.05, 4.69) is 6.58 Å². The van der Waals surface area contributed by atoms with Gasteiger partial charge in [0, 0.05) is 5.41 Å². The van der Waals surface area contributed by atoms with Gasteiger partial charge in [-0.2, -0.15) is 26.3 Å². The highest BCUT2D eigenvalue weighted by Crippen LogP contribution is 2.73. The van der Waals surface area contributed by atoms with E-state index in [-0.39, 0.29) is 31.1 Å². The number of allylic oxidation sites excluding steroid dienone is 1. The summed E-state index contributed by atoms with van der Waals surface area (Å²) in [7, 11) is 0. The third-order valence-electron chi connectivity index (χ3n) is 6.54. The van der Waals surface area contributed by atoms with E-state index in [4.69, 9.17) is 4.74 Å². The van der Waals surface area contributed by atoms with Crippen LogP contribution in [-0.4, -0.2) is 23.6 Å². The topological polar surface area (TPSA) is 9.23 Å². The summed E-state index contributed by atoms with van der Waals surface area (Å²) in [5.41, 5.74) is -8.38. The van der Waals surface area contributed by atoms with E-state index < -0.39 is 34.4 Å². The Labute approximate surface area is 150 Å². The van der Waals surface area contributed by atoms with Crippen molar-refractivity contribution in [1.29, 1.82) is 0 Å². The van der Waals surface area contributed by atoms with Crippen LogP contribution in [0.4, 0.5) is 26.3 Å². The summed E-state index contributed by atoms with van der Waals surface area (Å²) in [6, 6.07) is 0. The predicted molar refractivity (Wildman–Crippen MR) is 85.4 cm³/mol. The average Bonchev–Trinajstić information content (AvgIpc) is 2.39. The molecule has 0 amide bonds. The molecule has 0 N–H and O–H groups in total. The highest BCUT2D eigenvalue weighted by Gasteiger charge is 2.83. The molecule has 150 valence electrons. The molecule has 0 spiro atoms. The van der Waals surface area contributed by atoms with Gasteiger partial charge in [-0.1, -0.05) is 6.08 Å². The van der Waals surface area contributed by atoms with E-state index in [9.17, 15) is 26.3 Å². The zero-order valence-corrected chi connectivity index (χ0v) is 15.4. The summed E-state index contributed by atoms with van der Waals surface area (Å²) >= 11 is 0. The molecule has 0 aliphatic heterocycles. The maximum atomic E-state index is 14.3. The predicted octanol–water partition coefficient (Wildman–Crippen LogP) is 6.44. The van der Waals surface area contributed by atoms with Crippen molar-refractivity contribution in [3.05, 3.63) is 12.7 Å². The van der Waals surface area contributed by atoms with Crippen LogP contribution in [0.15, 0.2) is 12.7 Å². The van der Waals surface area contributed by atoms with E-state index in [0.29, 0.717) is 19.3 Å². The molecule has 4 rings (SSSR count). The molecule has 4 bridgehead atoms. The molecule has 2 unspecified atom stereocenters. The molecule has 0 heterocycles. The first kappa shape index (κ1) is 20.0. The SMILES string of the molecule is C=CC12CC3CC(C1)CC(C(OC(C)(C)C)(C(F)(F)F)C(F)(F)F)(C3)C2. The van der Waals surface area contributed by atoms with Gasteiger partial charge in [-0.15, -0.1) is 6.58 Å². The zero-order valence-electron chi connectivity index (χ0n) is 15.4. The number of rotatable bonds is 3. The van der Waals surface area contributed by atoms with Gasteiger partial charge in [0.05, 0.1) is 5.60 Å². The van der Waals surface area contributed by atoms with Crippen molar-refractivity contribution in [3.63, 3.8) is 0 Å². The number of ether oxygens (including phenoxy) is 1. The highest BCUT2D eigenvalue weighted by atomic mass is 19.4. The Morgan fingerprint density at radius 3 is 1.69 bits per heavy atom. The highest BCUT2D eigenvalue weighted by molar-refractivity contribution is 5.22. The first-order valence-electron chi connectivity index (χ1n) is 9.06. The third-order valence-corrected chi connectivity index (χ3v) is 6.54. The first-order chi connectivity index (χ1) is 11.6. The van der Waals surface area contributed by atoms with Crippen LogP contribution in [0, 0.1) is 22.7 Å². The molecule has 0 radical (unpaired) electrons. The van der Waals surface area contributed by atoms with E-state index in [1.165, 1.54) is 20.8 Å². The van der Waals surface area contributed by atoms with Crippen LogP contribution in [0.3, 0.4) is 0 Å². The molecular weight excluding hydrogens is 358 g/mol. The van der Waals surface area contributed by atoms with E-state index in [1.54, 1.807) is 6.08 Å². The van der Waals surface area contributed by atoms with Crippen LogP contribution in [0.5, 0.6) is 0 Å². The second-order valence-electron chi connectivity index (χ2n) is 9.70. The van der Waals surface area contributed by atoms with Gasteiger partial charge >= 0.3 is 12.4 Å². The molecule has 0 saturated heterocycles. The molecule has 2 atom stereocenters. The molecule has 0 aromatic heterocycles. The number of alkyl halides is 6. The Hall–Kier alpha value is -0.720. The maximum absolute atomic E-state index is 14.3. The fourth-order valence-corrected chi connectivity index (χ4v) is 6.43. The van der Waals surface area contributed by atoms with E-state index in [1.807, 2.05) is 0 Å². The molecule has 4 saturated carbocycles. The molecule has 0 aromatic carbocycles. The Morgan fingerprint density at radius 2 is 1.35 bits per heavy atom. The molecule has 26 heavy (non-hydrogen) atoms. The minimum absolute atomic E-state index is 0.0891.